The lowest BCUT2D eigenvalue weighted by molar-refractivity contribution is -0.384. The number of benzene rings is 1. The summed E-state index contributed by atoms with van der Waals surface area (Å²) in [6.07, 6.45) is 2.79. The molecule has 0 aromatic heterocycles. The number of non-ortho nitro benzene ring substituents is 1. The van der Waals surface area contributed by atoms with Gasteiger partial charge in [-0.3, -0.25) is 19.7 Å². The minimum Gasteiger partial charge on any atom is -0.494 e. The number of anilines is 1. The van der Waals surface area contributed by atoms with Crippen molar-refractivity contribution in [2.45, 2.75) is 25.7 Å². The Balaban J connectivity index is 1.57. The SMILES string of the molecule is COc1cc([N+](=O)[O-])ccc1NC(=O)CCN1C[C@@H]2CCC[C@@]2(C(=O)O)C1. The number of methoxy groups -OCH3 is 1. The second kappa shape index (κ2) is 7.51. The average molecular weight is 377 g/mol. The Hall–Kier alpha value is -2.68. The number of likely N-dealkylation sites (tertiary alicyclic amines) is 1. The van der Waals surface area contributed by atoms with Crippen LogP contribution >= 0.6 is 0 Å². The minimum atomic E-state index is -0.729. The number of aliphatic carboxylic acids is 1. The molecule has 1 heterocycles. The van der Waals surface area contributed by atoms with Crippen LogP contribution in [-0.4, -0.2) is 53.6 Å². The zero-order chi connectivity index (χ0) is 19.6. The van der Waals surface area contributed by atoms with Gasteiger partial charge >= 0.3 is 5.97 Å². The molecule has 0 unspecified atom stereocenters. The third-order valence-corrected chi connectivity index (χ3v) is 5.69. The van der Waals surface area contributed by atoms with E-state index in [9.17, 15) is 24.8 Å². The molecule has 1 aliphatic heterocycles. The van der Waals surface area contributed by atoms with Crippen molar-refractivity contribution >= 4 is 23.3 Å². The van der Waals surface area contributed by atoms with E-state index in [0.717, 1.165) is 12.8 Å². The fraction of sp³-hybridized carbons (Fsp3) is 0.556. The number of fused-ring (bicyclic) bond motifs is 1. The van der Waals surface area contributed by atoms with Crippen LogP contribution in [0.1, 0.15) is 25.7 Å². The highest BCUT2D eigenvalue weighted by atomic mass is 16.6. The Morgan fingerprint density at radius 2 is 2.26 bits per heavy atom. The molecule has 1 aromatic rings. The number of nitrogens with zero attached hydrogens (tertiary/aromatic N) is 2. The summed E-state index contributed by atoms with van der Waals surface area (Å²) >= 11 is 0. The van der Waals surface area contributed by atoms with Gasteiger partial charge in [0.15, 0.2) is 0 Å². The number of rotatable bonds is 7. The first-order valence-electron chi connectivity index (χ1n) is 8.94. The van der Waals surface area contributed by atoms with Crippen LogP contribution in [0.4, 0.5) is 11.4 Å². The molecular weight excluding hydrogens is 354 g/mol. The van der Waals surface area contributed by atoms with E-state index in [-0.39, 0.29) is 29.7 Å². The number of carbonyl (C=O) groups is 2. The van der Waals surface area contributed by atoms with Crippen LogP contribution in [0.25, 0.3) is 0 Å². The summed E-state index contributed by atoms with van der Waals surface area (Å²) in [5.41, 5.74) is -0.404. The van der Waals surface area contributed by atoms with Crippen molar-refractivity contribution in [3.8, 4) is 5.75 Å². The van der Waals surface area contributed by atoms with Crippen molar-refractivity contribution in [2.75, 3.05) is 32.1 Å². The zero-order valence-electron chi connectivity index (χ0n) is 15.1. The van der Waals surface area contributed by atoms with Crippen LogP contribution in [0.3, 0.4) is 0 Å². The molecule has 1 aromatic carbocycles. The number of hydrogen-bond donors (Lipinski definition) is 2. The number of nitro groups is 1. The maximum absolute atomic E-state index is 12.3. The highest BCUT2D eigenvalue weighted by molar-refractivity contribution is 5.92. The van der Waals surface area contributed by atoms with Crippen LogP contribution in [0.15, 0.2) is 18.2 Å². The predicted molar refractivity (Wildman–Crippen MR) is 96.7 cm³/mol. The number of ether oxygens (including phenoxy) is 1. The van der Waals surface area contributed by atoms with Gasteiger partial charge in [-0.2, -0.15) is 0 Å². The van der Waals surface area contributed by atoms with Gasteiger partial charge in [-0.05, 0) is 24.8 Å². The number of hydrogen-bond acceptors (Lipinski definition) is 6. The molecule has 1 saturated heterocycles. The monoisotopic (exact) mass is 377 g/mol. The molecule has 2 atom stereocenters. The standard InChI is InChI=1S/C18H23N3O6/c1-27-15-9-13(21(25)26)4-5-14(15)19-16(22)6-8-20-10-12-3-2-7-18(12,11-20)17(23)24/h4-5,9,12H,2-3,6-8,10-11H2,1H3,(H,19,22)(H,23,24)/t12-,18+/m0/s1. The average Bonchev–Trinajstić information content (AvgIpc) is 3.18. The Labute approximate surface area is 156 Å². The van der Waals surface area contributed by atoms with E-state index >= 15 is 0 Å². The van der Waals surface area contributed by atoms with Gasteiger partial charge in [0.05, 0.1) is 29.2 Å². The maximum Gasteiger partial charge on any atom is 0.311 e. The Bertz CT molecular complexity index is 767. The van der Waals surface area contributed by atoms with Crippen LogP contribution in [0.5, 0.6) is 5.75 Å². The molecule has 2 aliphatic rings. The van der Waals surface area contributed by atoms with Crippen molar-refractivity contribution in [2.24, 2.45) is 11.3 Å². The Morgan fingerprint density at radius 1 is 1.48 bits per heavy atom. The molecule has 1 saturated carbocycles. The number of carboxylic acids is 1. The van der Waals surface area contributed by atoms with E-state index in [4.69, 9.17) is 4.74 Å². The smallest absolute Gasteiger partial charge is 0.311 e. The van der Waals surface area contributed by atoms with E-state index in [2.05, 4.69) is 5.32 Å². The van der Waals surface area contributed by atoms with Crippen LogP contribution < -0.4 is 10.1 Å². The largest absolute Gasteiger partial charge is 0.494 e. The summed E-state index contributed by atoms with van der Waals surface area (Å²) in [4.78, 5) is 36.3. The summed E-state index contributed by atoms with van der Waals surface area (Å²) in [7, 11) is 1.38. The molecule has 1 amide bonds. The minimum absolute atomic E-state index is 0.118. The summed E-state index contributed by atoms with van der Waals surface area (Å²) in [6.45, 7) is 1.67. The molecule has 146 valence electrons. The fourth-order valence-corrected chi connectivity index (χ4v) is 4.28. The molecule has 27 heavy (non-hydrogen) atoms. The number of carbonyl (C=O) groups excluding carboxylic acids is 1. The third-order valence-electron chi connectivity index (χ3n) is 5.69. The van der Waals surface area contributed by atoms with E-state index in [0.29, 0.717) is 31.7 Å². The molecule has 9 nitrogen and oxygen atoms in total. The van der Waals surface area contributed by atoms with Gasteiger partial charge in [-0.25, -0.2) is 0 Å². The lowest BCUT2D eigenvalue weighted by Gasteiger charge is -2.23. The fourth-order valence-electron chi connectivity index (χ4n) is 4.28. The first kappa shape index (κ1) is 19.1. The Morgan fingerprint density at radius 3 is 2.89 bits per heavy atom. The van der Waals surface area contributed by atoms with Crippen molar-refractivity contribution in [1.82, 2.24) is 4.90 Å². The van der Waals surface area contributed by atoms with Gasteiger partial charge in [0.2, 0.25) is 5.91 Å². The quantitative estimate of drug-likeness (QED) is 0.551. The Kier molecular flexibility index (Phi) is 5.31. The van der Waals surface area contributed by atoms with Crippen LogP contribution in [-0.2, 0) is 9.59 Å². The lowest BCUT2D eigenvalue weighted by atomic mass is 9.81. The number of carboxylic acid groups (broad SMARTS) is 1. The molecule has 0 radical (unpaired) electrons. The van der Waals surface area contributed by atoms with Gasteiger partial charge in [0.1, 0.15) is 5.75 Å². The normalized spacial score (nSPS) is 24.4. The zero-order valence-corrected chi connectivity index (χ0v) is 15.1. The lowest BCUT2D eigenvalue weighted by Crippen LogP contribution is -2.36. The number of nitro benzene ring substituents is 1. The van der Waals surface area contributed by atoms with Crippen molar-refractivity contribution in [3.63, 3.8) is 0 Å². The first-order valence-corrected chi connectivity index (χ1v) is 8.94. The molecular formula is C18H23N3O6. The van der Waals surface area contributed by atoms with Crippen molar-refractivity contribution < 1.29 is 24.4 Å². The van der Waals surface area contributed by atoms with Crippen molar-refractivity contribution in [3.05, 3.63) is 28.3 Å². The molecule has 0 bridgehead atoms. The van der Waals surface area contributed by atoms with Crippen LogP contribution in [0, 0.1) is 21.4 Å². The number of nitrogens with one attached hydrogen (secondary N) is 1. The second-order valence-corrected chi connectivity index (χ2v) is 7.23. The van der Waals surface area contributed by atoms with E-state index < -0.39 is 16.3 Å². The molecule has 1 aliphatic carbocycles. The van der Waals surface area contributed by atoms with Crippen LogP contribution in [0.2, 0.25) is 0 Å². The summed E-state index contributed by atoms with van der Waals surface area (Å²) < 4.78 is 5.11. The third kappa shape index (κ3) is 3.73. The molecule has 0 spiro atoms. The molecule has 2 fully saturated rings. The predicted octanol–water partition coefficient (Wildman–Crippen LogP) is 2.12. The van der Waals surface area contributed by atoms with E-state index in [1.165, 1.54) is 25.3 Å². The van der Waals surface area contributed by atoms with E-state index in [1.54, 1.807) is 0 Å². The summed E-state index contributed by atoms with van der Waals surface area (Å²) in [6, 6.07) is 4.00. The van der Waals surface area contributed by atoms with Gasteiger partial charge in [-0.1, -0.05) is 6.42 Å². The molecule has 2 N–H and O–H groups in total. The van der Waals surface area contributed by atoms with Gasteiger partial charge in [0, 0.05) is 32.1 Å². The van der Waals surface area contributed by atoms with Gasteiger partial charge in [0.25, 0.3) is 5.69 Å². The summed E-state index contributed by atoms with van der Waals surface area (Å²) in [5, 5.41) is 23.1. The first-order chi connectivity index (χ1) is 12.9. The highest BCUT2D eigenvalue weighted by Gasteiger charge is 2.54. The maximum atomic E-state index is 12.3. The molecule has 3 rings (SSSR count). The topological polar surface area (TPSA) is 122 Å². The van der Waals surface area contributed by atoms with Gasteiger partial charge in [-0.15, -0.1) is 0 Å². The van der Waals surface area contributed by atoms with E-state index in [1.807, 2.05) is 4.90 Å². The highest BCUT2D eigenvalue weighted by Crippen LogP contribution is 2.48. The second-order valence-electron chi connectivity index (χ2n) is 7.23. The summed E-state index contributed by atoms with van der Waals surface area (Å²) in [5.74, 6) is -0.595. The number of amides is 1. The van der Waals surface area contributed by atoms with Gasteiger partial charge < -0.3 is 20.1 Å². The van der Waals surface area contributed by atoms with Crippen molar-refractivity contribution in [1.29, 1.82) is 0 Å². The molecule has 9 heteroatoms.